The molecule has 0 unspecified atom stereocenters. The Morgan fingerprint density at radius 1 is 1.24 bits per heavy atom. The number of halogens is 1. The molecule has 0 saturated carbocycles. The minimum Gasteiger partial charge on any atom is -0.382 e. The van der Waals surface area contributed by atoms with Crippen LogP contribution >= 0.6 is 23.4 Å². The highest BCUT2D eigenvalue weighted by Gasteiger charge is 2.09. The molecule has 17 heavy (non-hydrogen) atoms. The molecule has 2 N–H and O–H groups in total. The van der Waals surface area contributed by atoms with E-state index < -0.39 is 0 Å². The van der Waals surface area contributed by atoms with Crippen LogP contribution in [0.1, 0.15) is 11.3 Å². The summed E-state index contributed by atoms with van der Waals surface area (Å²) in [7, 11) is 0. The van der Waals surface area contributed by atoms with Gasteiger partial charge < -0.3 is 5.73 Å². The van der Waals surface area contributed by atoms with Crippen molar-refractivity contribution in [3.63, 3.8) is 0 Å². The first-order valence-electron chi connectivity index (χ1n) is 4.95. The number of hydrogen-bond acceptors (Lipinski definition) is 5. The summed E-state index contributed by atoms with van der Waals surface area (Å²) in [6.45, 7) is 3.97. The Morgan fingerprint density at radius 3 is 2.71 bits per heavy atom. The minimum atomic E-state index is 0.286. The van der Waals surface area contributed by atoms with Crippen LogP contribution in [0.5, 0.6) is 0 Å². The Hall–Kier alpha value is -1.33. The average molecular weight is 267 g/mol. The van der Waals surface area contributed by atoms with Crippen molar-refractivity contribution < 1.29 is 0 Å². The summed E-state index contributed by atoms with van der Waals surface area (Å²) < 4.78 is 0. The fourth-order valence-corrected chi connectivity index (χ4v) is 2.53. The Morgan fingerprint density at radius 2 is 2.00 bits per heavy atom. The van der Waals surface area contributed by atoms with Crippen LogP contribution in [0.2, 0.25) is 5.02 Å². The monoisotopic (exact) mass is 266 g/mol. The zero-order valence-corrected chi connectivity index (χ0v) is 11.0. The van der Waals surface area contributed by atoms with Gasteiger partial charge in [-0.2, -0.15) is 0 Å². The first kappa shape index (κ1) is 12.1. The smallest absolute Gasteiger partial charge is 0.146 e. The van der Waals surface area contributed by atoms with E-state index in [1.165, 1.54) is 18.1 Å². The molecule has 2 aromatic rings. The number of aryl methyl sites for hydroxylation is 2. The number of pyridine rings is 1. The summed E-state index contributed by atoms with van der Waals surface area (Å²) in [6, 6.07) is 3.99. The van der Waals surface area contributed by atoms with E-state index in [0.717, 1.165) is 16.3 Å². The van der Waals surface area contributed by atoms with Gasteiger partial charge in [0.15, 0.2) is 0 Å². The maximum absolute atomic E-state index is 6.02. The van der Waals surface area contributed by atoms with Gasteiger partial charge in [-0.05, 0) is 43.3 Å². The Kier molecular flexibility index (Phi) is 3.49. The van der Waals surface area contributed by atoms with Gasteiger partial charge in [0.1, 0.15) is 27.2 Å². The highest BCUT2D eigenvalue weighted by molar-refractivity contribution is 7.99. The maximum atomic E-state index is 6.02. The standard InChI is InChI=1S/C11H11ClN4S/c1-6-3-7(2)16-8(4-6)17-11-9(12)10(13)14-5-15-11/h3-5H,1-2H3,(H2,13,14,15). The van der Waals surface area contributed by atoms with Crippen molar-refractivity contribution in [3.8, 4) is 0 Å². The second-order valence-electron chi connectivity index (χ2n) is 3.60. The molecule has 88 valence electrons. The van der Waals surface area contributed by atoms with Crippen LogP contribution < -0.4 is 5.73 Å². The molecule has 0 aromatic carbocycles. The predicted octanol–water partition coefficient (Wildman–Crippen LogP) is 2.88. The highest BCUT2D eigenvalue weighted by atomic mass is 35.5. The van der Waals surface area contributed by atoms with Crippen molar-refractivity contribution >= 4 is 29.2 Å². The number of aromatic nitrogens is 3. The van der Waals surface area contributed by atoms with E-state index in [2.05, 4.69) is 15.0 Å². The van der Waals surface area contributed by atoms with Gasteiger partial charge in [0.2, 0.25) is 0 Å². The summed E-state index contributed by atoms with van der Waals surface area (Å²) >= 11 is 7.41. The number of nitrogens with zero attached hydrogens (tertiary/aromatic N) is 3. The SMILES string of the molecule is Cc1cc(C)nc(Sc2ncnc(N)c2Cl)c1. The molecule has 0 aliphatic heterocycles. The van der Waals surface area contributed by atoms with E-state index in [1.807, 2.05) is 26.0 Å². The maximum Gasteiger partial charge on any atom is 0.146 e. The third kappa shape index (κ3) is 2.87. The molecule has 0 atom stereocenters. The van der Waals surface area contributed by atoms with Crippen LogP contribution in [0.3, 0.4) is 0 Å². The van der Waals surface area contributed by atoms with Crippen molar-refractivity contribution in [1.29, 1.82) is 0 Å². The van der Waals surface area contributed by atoms with Gasteiger partial charge in [-0.15, -0.1) is 0 Å². The van der Waals surface area contributed by atoms with E-state index in [1.54, 1.807) is 0 Å². The highest BCUT2D eigenvalue weighted by Crippen LogP contribution is 2.32. The molecule has 0 fully saturated rings. The van der Waals surface area contributed by atoms with E-state index in [0.29, 0.717) is 10.0 Å². The number of nitrogens with two attached hydrogens (primary N) is 1. The largest absolute Gasteiger partial charge is 0.382 e. The van der Waals surface area contributed by atoms with Crippen LogP contribution in [0.25, 0.3) is 0 Å². The second-order valence-corrected chi connectivity index (χ2v) is 4.99. The van der Waals surface area contributed by atoms with Crippen molar-refractivity contribution in [3.05, 3.63) is 34.7 Å². The Bertz CT molecular complexity index is 539. The zero-order chi connectivity index (χ0) is 12.4. The first-order valence-corrected chi connectivity index (χ1v) is 6.15. The fourth-order valence-electron chi connectivity index (χ4n) is 1.39. The van der Waals surface area contributed by atoms with Gasteiger partial charge in [0.05, 0.1) is 0 Å². The van der Waals surface area contributed by atoms with Crippen LogP contribution in [-0.4, -0.2) is 15.0 Å². The summed E-state index contributed by atoms with van der Waals surface area (Å²) in [5.74, 6) is 0.286. The van der Waals surface area contributed by atoms with Gasteiger partial charge in [0.25, 0.3) is 0 Å². The van der Waals surface area contributed by atoms with Gasteiger partial charge in [-0.3, -0.25) is 0 Å². The molecule has 2 heterocycles. The molecule has 4 nitrogen and oxygen atoms in total. The first-order chi connectivity index (χ1) is 8.06. The molecular weight excluding hydrogens is 256 g/mol. The predicted molar refractivity (Wildman–Crippen MR) is 69.3 cm³/mol. The third-order valence-electron chi connectivity index (χ3n) is 2.06. The lowest BCUT2D eigenvalue weighted by atomic mass is 10.3. The molecule has 0 radical (unpaired) electrons. The molecule has 0 aliphatic carbocycles. The number of hydrogen-bond donors (Lipinski definition) is 1. The molecule has 2 aromatic heterocycles. The van der Waals surface area contributed by atoms with Crippen LogP contribution in [0.15, 0.2) is 28.5 Å². The lowest BCUT2D eigenvalue weighted by Crippen LogP contribution is -1.95. The number of rotatable bonds is 2. The summed E-state index contributed by atoms with van der Waals surface area (Å²) in [4.78, 5) is 12.3. The van der Waals surface area contributed by atoms with Crippen LogP contribution in [0, 0.1) is 13.8 Å². The van der Waals surface area contributed by atoms with Gasteiger partial charge in [-0.1, -0.05) is 11.6 Å². The molecular formula is C11H11ClN4S. The van der Waals surface area contributed by atoms with Crippen molar-refractivity contribution in [2.75, 3.05) is 5.73 Å². The lowest BCUT2D eigenvalue weighted by Gasteiger charge is -2.05. The van der Waals surface area contributed by atoms with Gasteiger partial charge in [0, 0.05) is 5.69 Å². The van der Waals surface area contributed by atoms with Crippen LogP contribution in [-0.2, 0) is 0 Å². The van der Waals surface area contributed by atoms with Crippen molar-refractivity contribution in [1.82, 2.24) is 15.0 Å². The second kappa shape index (κ2) is 4.89. The average Bonchev–Trinajstić information content (AvgIpc) is 2.23. The lowest BCUT2D eigenvalue weighted by molar-refractivity contribution is 1.02. The minimum absolute atomic E-state index is 0.286. The summed E-state index contributed by atoms with van der Waals surface area (Å²) in [6.07, 6.45) is 1.40. The Balaban J connectivity index is 2.34. The van der Waals surface area contributed by atoms with E-state index in [9.17, 15) is 0 Å². The molecule has 0 amide bonds. The zero-order valence-electron chi connectivity index (χ0n) is 9.44. The molecule has 0 aliphatic rings. The van der Waals surface area contributed by atoms with Crippen molar-refractivity contribution in [2.24, 2.45) is 0 Å². The molecule has 0 spiro atoms. The van der Waals surface area contributed by atoms with Gasteiger partial charge in [-0.25, -0.2) is 15.0 Å². The summed E-state index contributed by atoms with van der Waals surface area (Å²) in [5, 5.41) is 1.85. The third-order valence-corrected chi connectivity index (χ3v) is 3.47. The molecule has 0 bridgehead atoms. The number of anilines is 1. The topological polar surface area (TPSA) is 64.7 Å². The normalized spacial score (nSPS) is 10.5. The Labute approximate surface area is 109 Å². The fraction of sp³-hybridized carbons (Fsp3) is 0.182. The molecule has 6 heteroatoms. The molecule has 2 rings (SSSR count). The summed E-state index contributed by atoms with van der Waals surface area (Å²) in [5.41, 5.74) is 7.73. The van der Waals surface area contributed by atoms with E-state index >= 15 is 0 Å². The quantitative estimate of drug-likeness (QED) is 0.847. The van der Waals surface area contributed by atoms with Crippen molar-refractivity contribution in [2.45, 2.75) is 23.9 Å². The molecule has 0 saturated heterocycles. The van der Waals surface area contributed by atoms with E-state index in [-0.39, 0.29) is 5.82 Å². The van der Waals surface area contributed by atoms with E-state index in [4.69, 9.17) is 17.3 Å². The van der Waals surface area contributed by atoms with Crippen LogP contribution in [0.4, 0.5) is 5.82 Å². The number of nitrogen functional groups attached to an aromatic ring is 1. The van der Waals surface area contributed by atoms with Gasteiger partial charge >= 0.3 is 0 Å².